The number of methoxy groups -OCH3 is 1. The fourth-order valence-corrected chi connectivity index (χ4v) is 3.46. The molecule has 0 unspecified atom stereocenters. The summed E-state index contributed by atoms with van der Waals surface area (Å²) in [6.45, 7) is -0.497. The van der Waals surface area contributed by atoms with Gasteiger partial charge in [-0.2, -0.15) is 10.5 Å². The highest BCUT2D eigenvalue weighted by Gasteiger charge is 2.21. The predicted octanol–water partition coefficient (Wildman–Crippen LogP) is 3.73. The van der Waals surface area contributed by atoms with E-state index in [1.165, 1.54) is 17.9 Å². The lowest BCUT2D eigenvalue weighted by atomic mass is 10.0. The Hall–Kier alpha value is -3.14. The summed E-state index contributed by atoms with van der Waals surface area (Å²) in [5.41, 5.74) is 8.05. The molecule has 0 aliphatic rings. The molecule has 0 bridgehead atoms. The monoisotopic (exact) mass is 500 g/mol. The van der Waals surface area contributed by atoms with E-state index in [0.717, 1.165) is 4.47 Å². The molecule has 0 saturated heterocycles. The van der Waals surface area contributed by atoms with Crippen LogP contribution in [0.5, 0.6) is 5.75 Å². The molecular formula is C22H18BrClN4O3. The summed E-state index contributed by atoms with van der Waals surface area (Å²) in [7, 11) is 1.50. The van der Waals surface area contributed by atoms with Crippen molar-refractivity contribution < 1.29 is 14.6 Å². The number of halogens is 2. The number of aromatic nitrogens is 1. The number of nitriles is 2. The van der Waals surface area contributed by atoms with Crippen molar-refractivity contribution in [1.82, 2.24) is 4.57 Å². The van der Waals surface area contributed by atoms with Crippen molar-refractivity contribution in [2.24, 2.45) is 5.73 Å². The lowest BCUT2D eigenvalue weighted by Crippen LogP contribution is -2.37. The molecule has 0 radical (unpaired) electrons. The minimum Gasteiger partial charge on any atom is -0.496 e. The van der Waals surface area contributed by atoms with Crippen LogP contribution >= 0.6 is 28.3 Å². The van der Waals surface area contributed by atoms with Crippen LogP contribution in [0.2, 0.25) is 0 Å². The number of hydrogen-bond acceptors (Lipinski definition) is 6. The number of aliphatic hydroxyl groups is 1. The first kappa shape index (κ1) is 24.1. The van der Waals surface area contributed by atoms with Gasteiger partial charge in [-0.15, -0.1) is 12.4 Å². The van der Waals surface area contributed by atoms with Gasteiger partial charge in [0.15, 0.2) is 0 Å². The molecule has 0 amide bonds. The minimum atomic E-state index is -1.08. The summed E-state index contributed by atoms with van der Waals surface area (Å²) in [6, 6.07) is 13.4. The van der Waals surface area contributed by atoms with Gasteiger partial charge >= 0.3 is 0 Å². The molecule has 1 heterocycles. The smallest absolute Gasteiger partial charge is 0.250 e. The van der Waals surface area contributed by atoms with Crippen LogP contribution in [0.4, 0.5) is 0 Å². The zero-order valence-corrected chi connectivity index (χ0v) is 18.8. The maximum absolute atomic E-state index is 12.6. The van der Waals surface area contributed by atoms with Crippen molar-refractivity contribution in [3.05, 3.63) is 63.8 Å². The molecule has 0 saturated carbocycles. The number of fused-ring (bicyclic) bond motifs is 1. The fourth-order valence-electron chi connectivity index (χ4n) is 3.10. The molecule has 3 aromatic rings. The van der Waals surface area contributed by atoms with Crippen LogP contribution in [0.25, 0.3) is 22.6 Å². The Morgan fingerprint density at radius 1 is 1.32 bits per heavy atom. The molecule has 0 aliphatic carbocycles. The molecule has 3 rings (SSSR count). The number of nitrogens with two attached hydrogens (primary N) is 1. The lowest BCUT2D eigenvalue weighted by Gasteiger charge is -2.08. The summed E-state index contributed by atoms with van der Waals surface area (Å²) in [4.78, 5) is 12.6. The molecule has 2 aromatic carbocycles. The standard InChI is InChI=1S/C22H17BrN4O3.ClH/c1-30-21-5-2-13(9-24)6-14(21)7-15(10-25)18-11-27(22(29)19(26)12-28)20-4-3-16(23)8-17(18)20;/h2-8,11,19,28H,12,26H2,1H3;1H/b15-7+;/t19-;/m0./s1. The van der Waals surface area contributed by atoms with Gasteiger partial charge in [0, 0.05) is 27.2 Å². The number of allylic oxidation sites excluding steroid dienone is 1. The van der Waals surface area contributed by atoms with Gasteiger partial charge in [-0.05, 0) is 42.5 Å². The van der Waals surface area contributed by atoms with E-state index >= 15 is 0 Å². The van der Waals surface area contributed by atoms with E-state index in [2.05, 4.69) is 28.1 Å². The highest BCUT2D eigenvalue weighted by atomic mass is 79.9. The normalized spacial score (nSPS) is 11.9. The highest BCUT2D eigenvalue weighted by molar-refractivity contribution is 9.10. The molecule has 0 aliphatic heterocycles. The van der Waals surface area contributed by atoms with Crippen molar-refractivity contribution in [3.63, 3.8) is 0 Å². The van der Waals surface area contributed by atoms with Crippen molar-refractivity contribution in [3.8, 4) is 17.9 Å². The molecule has 1 aromatic heterocycles. The molecule has 7 nitrogen and oxygen atoms in total. The SMILES string of the molecule is COc1ccc(C#N)cc1/C=C(\C#N)c1cn(C(=O)[C@@H](N)CO)c2ccc(Br)cc12.Cl. The van der Waals surface area contributed by atoms with Crippen LogP contribution < -0.4 is 10.5 Å². The maximum Gasteiger partial charge on any atom is 0.250 e. The maximum atomic E-state index is 12.6. The summed E-state index contributed by atoms with van der Waals surface area (Å²) in [6.07, 6.45) is 3.14. The van der Waals surface area contributed by atoms with Crippen LogP contribution in [0.1, 0.15) is 21.5 Å². The first-order valence-corrected chi connectivity index (χ1v) is 9.64. The average molecular weight is 502 g/mol. The second kappa shape index (κ2) is 10.3. The molecule has 158 valence electrons. The third-order valence-corrected chi connectivity index (χ3v) is 5.08. The molecule has 31 heavy (non-hydrogen) atoms. The second-order valence-corrected chi connectivity index (χ2v) is 7.36. The van der Waals surface area contributed by atoms with Crippen LogP contribution in [0.15, 0.2) is 47.1 Å². The van der Waals surface area contributed by atoms with Crippen LogP contribution in [-0.2, 0) is 0 Å². The van der Waals surface area contributed by atoms with Crippen molar-refractivity contribution in [2.75, 3.05) is 13.7 Å². The molecular weight excluding hydrogens is 484 g/mol. The number of aliphatic hydroxyl groups excluding tert-OH is 1. The Kier molecular flexibility index (Phi) is 7.98. The predicted molar refractivity (Wildman–Crippen MR) is 124 cm³/mol. The van der Waals surface area contributed by atoms with Gasteiger partial charge in [0.2, 0.25) is 5.91 Å². The van der Waals surface area contributed by atoms with Gasteiger partial charge in [0.05, 0.1) is 42.5 Å². The van der Waals surface area contributed by atoms with E-state index in [9.17, 15) is 20.4 Å². The van der Waals surface area contributed by atoms with Gasteiger partial charge in [0.1, 0.15) is 11.8 Å². The van der Waals surface area contributed by atoms with Crippen molar-refractivity contribution in [1.29, 1.82) is 10.5 Å². The van der Waals surface area contributed by atoms with Crippen LogP contribution in [0.3, 0.4) is 0 Å². The highest BCUT2D eigenvalue weighted by Crippen LogP contribution is 2.32. The summed E-state index contributed by atoms with van der Waals surface area (Å²) >= 11 is 3.42. The molecule has 1 atom stereocenters. The minimum absolute atomic E-state index is 0. The summed E-state index contributed by atoms with van der Waals surface area (Å²) in [5.74, 6) is 0.0162. The van der Waals surface area contributed by atoms with Crippen molar-refractivity contribution >= 4 is 56.8 Å². The second-order valence-electron chi connectivity index (χ2n) is 6.44. The number of rotatable bonds is 5. The van der Waals surface area contributed by atoms with E-state index in [0.29, 0.717) is 33.3 Å². The number of carbonyl (C=O) groups excluding carboxylic acids is 1. The molecule has 0 fully saturated rings. The van der Waals surface area contributed by atoms with Gasteiger partial charge in [-0.1, -0.05) is 15.9 Å². The molecule has 3 N–H and O–H groups in total. The number of ether oxygens (including phenoxy) is 1. The topological polar surface area (TPSA) is 125 Å². The number of carbonyl (C=O) groups is 1. The Bertz CT molecular complexity index is 1250. The van der Waals surface area contributed by atoms with Gasteiger partial charge in [-0.3, -0.25) is 9.36 Å². The Balaban J connectivity index is 0.00000341. The number of hydrogen-bond donors (Lipinski definition) is 2. The number of benzene rings is 2. The molecule has 9 heteroatoms. The van der Waals surface area contributed by atoms with Crippen molar-refractivity contribution in [2.45, 2.75) is 6.04 Å². The van der Waals surface area contributed by atoms with E-state index in [1.54, 1.807) is 42.5 Å². The van der Waals surface area contributed by atoms with E-state index in [1.807, 2.05) is 0 Å². The quantitative estimate of drug-likeness (QED) is 0.513. The zero-order valence-electron chi connectivity index (χ0n) is 16.4. The van der Waals surface area contributed by atoms with E-state index < -0.39 is 18.6 Å². The zero-order chi connectivity index (χ0) is 21.8. The third-order valence-electron chi connectivity index (χ3n) is 4.59. The van der Waals surface area contributed by atoms with Gasteiger partial charge in [-0.25, -0.2) is 0 Å². The van der Waals surface area contributed by atoms with E-state index in [-0.39, 0.29) is 18.0 Å². The fraction of sp³-hybridized carbons (Fsp3) is 0.136. The molecule has 0 spiro atoms. The Morgan fingerprint density at radius 3 is 2.68 bits per heavy atom. The van der Waals surface area contributed by atoms with Crippen LogP contribution in [-0.4, -0.2) is 35.3 Å². The summed E-state index contributed by atoms with van der Waals surface area (Å²) in [5, 5.41) is 29.0. The Morgan fingerprint density at radius 2 is 2.06 bits per heavy atom. The van der Waals surface area contributed by atoms with Crippen LogP contribution in [0, 0.1) is 22.7 Å². The lowest BCUT2D eigenvalue weighted by molar-refractivity contribution is 0.0847. The van der Waals surface area contributed by atoms with Gasteiger partial charge < -0.3 is 15.6 Å². The van der Waals surface area contributed by atoms with Gasteiger partial charge in [0.25, 0.3) is 0 Å². The first-order valence-electron chi connectivity index (χ1n) is 8.85. The van der Waals surface area contributed by atoms with E-state index in [4.69, 9.17) is 10.5 Å². The summed E-state index contributed by atoms with van der Waals surface area (Å²) < 4.78 is 7.46. The first-order chi connectivity index (χ1) is 14.4. The number of nitrogens with zero attached hydrogens (tertiary/aromatic N) is 3. The largest absolute Gasteiger partial charge is 0.496 e. The average Bonchev–Trinajstić information content (AvgIpc) is 3.14. The third kappa shape index (κ3) is 4.79. The Labute approximate surface area is 193 Å².